The monoisotopic (exact) mass is 313 g/mol. The number of hydrogen-bond donors (Lipinski definition) is 1. The lowest BCUT2D eigenvalue weighted by Crippen LogP contribution is -2.29. The number of hydrogen-bond acceptors (Lipinski definition) is 5. The van der Waals surface area contributed by atoms with E-state index in [0.717, 1.165) is 18.4 Å². The molecule has 1 fully saturated rings. The van der Waals surface area contributed by atoms with Gasteiger partial charge in [0.1, 0.15) is 5.75 Å². The molecular formula is C14H14F3N3O2. The van der Waals surface area contributed by atoms with Crippen LogP contribution in [0.1, 0.15) is 30.1 Å². The minimum absolute atomic E-state index is 0.214. The van der Waals surface area contributed by atoms with Gasteiger partial charge in [0.2, 0.25) is 5.89 Å². The molecule has 118 valence electrons. The predicted octanol–water partition coefficient (Wildman–Crippen LogP) is 3.06. The van der Waals surface area contributed by atoms with Gasteiger partial charge in [0.25, 0.3) is 0 Å². The Morgan fingerprint density at radius 1 is 1.36 bits per heavy atom. The molecule has 2 aromatic rings. The predicted molar refractivity (Wildman–Crippen MR) is 69.9 cm³/mol. The maximum absolute atomic E-state index is 12.3. The lowest BCUT2D eigenvalue weighted by atomic mass is 10.0. The summed E-state index contributed by atoms with van der Waals surface area (Å²) in [4.78, 5) is 4.09. The van der Waals surface area contributed by atoms with Gasteiger partial charge in [0, 0.05) is 12.5 Å². The van der Waals surface area contributed by atoms with Crippen molar-refractivity contribution in [3.8, 4) is 5.75 Å². The summed E-state index contributed by atoms with van der Waals surface area (Å²) < 4.78 is 45.7. The summed E-state index contributed by atoms with van der Waals surface area (Å²) in [6, 6.07) is 6.03. The van der Waals surface area contributed by atoms with Gasteiger partial charge in [-0.05, 0) is 30.5 Å². The van der Waals surface area contributed by atoms with Crippen LogP contribution in [0.25, 0.3) is 0 Å². The number of rotatable bonds is 5. The molecule has 1 aromatic heterocycles. The SMILES string of the molecule is Cc1nc(CNC2(c3cccc(OC(F)(F)F)c3)CC2)no1. The number of alkyl halides is 3. The summed E-state index contributed by atoms with van der Waals surface area (Å²) in [5, 5.41) is 7.07. The van der Waals surface area contributed by atoms with E-state index in [2.05, 4.69) is 20.2 Å². The normalized spacial score (nSPS) is 16.5. The van der Waals surface area contributed by atoms with Crippen molar-refractivity contribution in [1.29, 1.82) is 0 Å². The fourth-order valence-electron chi connectivity index (χ4n) is 2.34. The largest absolute Gasteiger partial charge is 0.573 e. The van der Waals surface area contributed by atoms with E-state index in [1.165, 1.54) is 12.1 Å². The number of benzene rings is 1. The van der Waals surface area contributed by atoms with Crippen LogP contribution in [0.2, 0.25) is 0 Å². The van der Waals surface area contributed by atoms with Crippen molar-refractivity contribution in [3.05, 3.63) is 41.5 Å². The fourth-order valence-corrected chi connectivity index (χ4v) is 2.34. The Morgan fingerprint density at radius 2 is 2.14 bits per heavy atom. The average Bonchev–Trinajstić information content (AvgIpc) is 3.12. The van der Waals surface area contributed by atoms with Crippen LogP contribution in [-0.2, 0) is 12.1 Å². The zero-order valence-electron chi connectivity index (χ0n) is 11.8. The highest BCUT2D eigenvalue weighted by atomic mass is 19.4. The first-order chi connectivity index (χ1) is 10.4. The number of aryl methyl sites for hydroxylation is 1. The van der Waals surface area contributed by atoms with Gasteiger partial charge in [-0.2, -0.15) is 4.98 Å². The molecule has 3 rings (SSSR count). The van der Waals surface area contributed by atoms with E-state index in [4.69, 9.17) is 4.52 Å². The Labute approximate surface area is 124 Å². The second-order valence-corrected chi connectivity index (χ2v) is 5.24. The van der Waals surface area contributed by atoms with Crippen LogP contribution in [-0.4, -0.2) is 16.5 Å². The molecule has 5 nitrogen and oxygen atoms in total. The van der Waals surface area contributed by atoms with Gasteiger partial charge >= 0.3 is 6.36 Å². The third kappa shape index (κ3) is 3.38. The highest BCUT2D eigenvalue weighted by Crippen LogP contribution is 2.46. The molecule has 0 bridgehead atoms. The molecule has 1 saturated carbocycles. The lowest BCUT2D eigenvalue weighted by molar-refractivity contribution is -0.274. The minimum Gasteiger partial charge on any atom is -0.406 e. The van der Waals surface area contributed by atoms with Gasteiger partial charge in [0.15, 0.2) is 5.82 Å². The van der Waals surface area contributed by atoms with E-state index >= 15 is 0 Å². The van der Waals surface area contributed by atoms with Crippen LogP contribution in [0, 0.1) is 6.92 Å². The van der Waals surface area contributed by atoms with E-state index in [0.29, 0.717) is 18.3 Å². The van der Waals surface area contributed by atoms with Crippen LogP contribution in [0.4, 0.5) is 13.2 Å². The van der Waals surface area contributed by atoms with Gasteiger partial charge in [-0.15, -0.1) is 13.2 Å². The van der Waals surface area contributed by atoms with Crippen LogP contribution in [0.3, 0.4) is 0 Å². The van der Waals surface area contributed by atoms with Crippen molar-refractivity contribution in [2.75, 3.05) is 0 Å². The third-order valence-electron chi connectivity index (χ3n) is 3.52. The van der Waals surface area contributed by atoms with Crippen molar-refractivity contribution >= 4 is 0 Å². The van der Waals surface area contributed by atoms with Gasteiger partial charge < -0.3 is 14.6 Å². The number of ether oxygens (including phenoxy) is 1. The third-order valence-corrected chi connectivity index (χ3v) is 3.52. The van der Waals surface area contributed by atoms with Crippen LogP contribution >= 0.6 is 0 Å². The number of halogens is 3. The first-order valence-electron chi connectivity index (χ1n) is 6.77. The quantitative estimate of drug-likeness (QED) is 0.919. The van der Waals surface area contributed by atoms with Crippen LogP contribution < -0.4 is 10.1 Å². The lowest BCUT2D eigenvalue weighted by Gasteiger charge is -2.18. The molecule has 1 N–H and O–H groups in total. The van der Waals surface area contributed by atoms with E-state index in [-0.39, 0.29) is 11.3 Å². The van der Waals surface area contributed by atoms with Crippen molar-refractivity contribution in [1.82, 2.24) is 15.5 Å². The Morgan fingerprint density at radius 3 is 2.73 bits per heavy atom. The molecule has 1 aliphatic rings. The zero-order chi connectivity index (χ0) is 15.8. The second-order valence-electron chi connectivity index (χ2n) is 5.24. The Balaban J connectivity index is 1.71. The molecule has 0 radical (unpaired) electrons. The summed E-state index contributed by atoms with van der Waals surface area (Å²) in [6.45, 7) is 2.09. The van der Waals surface area contributed by atoms with E-state index in [1.807, 2.05) is 0 Å². The Kier molecular flexibility index (Phi) is 3.56. The minimum atomic E-state index is -4.69. The van der Waals surface area contributed by atoms with Crippen molar-refractivity contribution in [3.63, 3.8) is 0 Å². The van der Waals surface area contributed by atoms with Crippen LogP contribution in [0.5, 0.6) is 5.75 Å². The van der Waals surface area contributed by atoms with E-state index < -0.39 is 6.36 Å². The summed E-state index contributed by atoms with van der Waals surface area (Å²) in [5.41, 5.74) is 0.411. The summed E-state index contributed by atoms with van der Waals surface area (Å²) >= 11 is 0. The summed E-state index contributed by atoms with van der Waals surface area (Å²) in [7, 11) is 0. The smallest absolute Gasteiger partial charge is 0.406 e. The fraction of sp³-hybridized carbons (Fsp3) is 0.429. The van der Waals surface area contributed by atoms with Crippen LogP contribution in [0.15, 0.2) is 28.8 Å². The Bertz CT molecular complexity index is 665. The van der Waals surface area contributed by atoms with Gasteiger partial charge in [-0.3, -0.25) is 0 Å². The van der Waals surface area contributed by atoms with Crippen molar-refractivity contribution in [2.45, 2.75) is 38.2 Å². The molecule has 1 heterocycles. The zero-order valence-corrected chi connectivity index (χ0v) is 11.8. The summed E-state index contributed by atoms with van der Waals surface area (Å²) in [6.07, 6.45) is -3.02. The molecule has 22 heavy (non-hydrogen) atoms. The molecule has 0 atom stereocenters. The molecule has 0 amide bonds. The topological polar surface area (TPSA) is 60.2 Å². The highest BCUT2D eigenvalue weighted by Gasteiger charge is 2.44. The van der Waals surface area contributed by atoms with Gasteiger partial charge in [0.05, 0.1) is 6.54 Å². The standard InChI is InChI=1S/C14H14F3N3O2/c1-9-19-12(20-22-9)8-18-13(5-6-13)10-3-2-4-11(7-10)21-14(15,16)17/h2-4,7,18H,5-6,8H2,1H3. The van der Waals surface area contributed by atoms with Crippen molar-refractivity contribution in [2.24, 2.45) is 0 Å². The maximum Gasteiger partial charge on any atom is 0.573 e. The van der Waals surface area contributed by atoms with Crippen molar-refractivity contribution < 1.29 is 22.4 Å². The number of nitrogens with zero attached hydrogens (tertiary/aromatic N) is 2. The highest BCUT2D eigenvalue weighted by molar-refractivity contribution is 5.37. The van der Waals surface area contributed by atoms with Gasteiger partial charge in [-0.1, -0.05) is 17.3 Å². The molecular weight excluding hydrogens is 299 g/mol. The number of nitrogens with one attached hydrogen (secondary N) is 1. The molecule has 0 aliphatic heterocycles. The maximum atomic E-state index is 12.3. The van der Waals surface area contributed by atoms with E-state index in [1.54, 1.807) is 19.1 Å². The summed E-state index contributed by atoms with van der Waals surface area (Å²) in [5.74, 6) is 0.780. The average molecular weight is 313 g/mol. The molecule has 8 heteroatoms. The first-order valence-corrected chi connectivity index (χ1v) is 6.77. The van der Waals surface area contributed by atoms with E-state index in [9.17, 15) is 13.2 Å². The molecule has 1 aromatic carbocycles. The second kappa shape index (κ2) is 5.28. The van der Waals surface area contributed by atoms with Gasteiger partial charge in [-0.25, -0.2) is 0 Å². The molecule has 0 unspecified atom stereocenters. The molecule has 0 saturated heterocycles. The molecule has 1 aliphatic carbocycles. The molecule has 0 spiro atoms. The first kappa shape index (κ1) is 14.8. The Hall–Kier alpha value is -2.09. The number of aromatic nitrogens is 2.